The van der Waals surface area contributed by atoms with Gasteiger partial charge in [0.15, 0.2) is 11.6 Å². The quantitative estimate of drug-likeness (QED) is 0.572. The van der Waals surface area contributed by atoms with E-state index in [1.54, 1.807) is 6.07 Å². The van der Waals surface area contributed by atoms with Gasteiger partial charge in [-0.25, -0.2) is 4.39 Å². The molecule has 0 amide bonds. The lowest BCUT2D eigenvalue weighted by molar-refractivity contribution is 0.00664. The monoisotopic (exact) mass is 391 g/mol. The Morgan fingerprint density at radius 2 is 1.61 bits per heavy atom. The molecule has 0 atom stereocenters. The first kappa shape index (κ1) is 21.0. The molecule has 154 valence electrons. The highest BCUT2D eigenvalue weighted by atomic mass is 19.2. The van der Waals surface area contributed by atoms with Crippen molar-refractivity contribution in [1.29, 1.82) is 5.26 Å². The number of rotatable bonds is 7. The lowest BCUT2D eigenvalue weighted by Gasteiger charge is -2.37. The van der Waals surface area contributed by atoms with Crippen LogP contribution in [-0.2, 0) is 4.74 Å². The van der Waals surface area contributed by atoms with Crippen LogP contribution in [0.25, 0.3) is 0 Å². The van der Waals surface area contributed by atoms with Crippen LogP contribution >= 0.6 is 0 Å². The van der Waals surface area contributed by atoms with E-state index >= 15 is 0 Å². The van der Waals surface area contributed by atoms with E-state index in [1.807, 2.05) is 0 Å². The summed E-state index contributed by atoms with van der Waals surface area (Å²) in [5.41, 5.74) is -0.292. The minimum Gasteiger partial charge on any atom is -0.490 e. The predicted molar refractivity (Wildman–Crippen MR) is 104 cm³/mol. The van der Waals surface area contributed by atoms with Crippen LogP contribution in [0, 0.1) is 40.7 Å². The van der Waals surface area contributed by atoms with Crippen LogP contribution in [0.3, 0.4) is 0 Å². The average molecular weight is 392 g/mol. The van der Waals surface area contributed by atoms with Gasteiger partial charge >= 0.3 is 0 Å². The molecule has 5 heteroatoms. The van der Waals surface area contributed by atoms with E-state index in [4.69, 9.17) is 14.7 Å². The van der Waals surface area contributed by atoms with Gasteiger partial charge in [-0.2, -0.15) is 9.65 Å². The second-order valence-electron chi connectivity index (χ2n) is 8.35. The van der Waals surface area contributed by atoms with Gasteiger partial charge in [0.25, 0.3) is 0 Å². The molecule has 3 nitrogen and oxygen atoms in total. The summed E-state index contributed by atoms with van der Waals surface area (Å²) < 4.78 is 39.1. The number of halogens is 2. The second kappa shape index (κ2) is 10.2. The molecule has 0 unspecified atom stereocenters. The first-order valence-electron chi connectivity index (χ1n) is 10.7. The summed E-state index contributed by atoms with van der Waals surface area (Å²) in [7, 11) is 0. The van der Waals surface area contributed by atoms with E-state index in [9.17, 15) is 8.78 Å². The molecule has 2 aliphatic rings. The largest absolute Gasteiger partial charge is 0.490 e. The first-order valence-corrected chi connectivity index (χ1v) is 10.7. The van der Waals surface area contributed by atoms with Gasteiger partial charge < -0.3 is 9.47 Å². The van der Waals surface area contributed by atoms with Gasteiger partial charge in [-0.1, -0.05) is 6.92 Å². The Morgan fingerprint density at radius 3 is 2.21 bits per heavy atom. The molecule has 1 aromatic rings. The van der Waals surface area contributed by atoms with Crippen molar-refractivity contribution in [2.75, 3.05) is 13.2 Å². The van der Waals surface area contributed by atoms with Crippen LogP contribution in [0.1, 0.15) is 70.3 Å². The standard InChI is InChI=1S/C23H31F2NO2/c1-2-13-27-20-10-7-18(8-11-20)17-5-3-16(4-6-17)15-28-21-12-9-19(14-26)22(24)23(21)25/h9,12,16-18,20H,2-8,10-11,13,15H2,1H3/t16-,17-,18-,20-. The smallest absolute Gasteiger partial charge is 0.201 e. The molecule has 3 rings (SSSR count). The molecule has 0 N–H and O–H groups in total. The average Bonchev–Trinajstić information content (AvgIpc) is 2.74. The SMILES string of the molecule is CCCO[C@H]1CC[C@H]([C@H]2CC[C@H](COc3ccc(C#N)c(F)c3F)CC2)CC1. The summed E-state index contributed by atoms with van der Waals surface area (Å²) >= 11 is 0. The zero-order chi connectivity index (χ0) is 19.9. The fourth-order valence-electron chi connectivity index (χ4n) is 4.77. The second-order valence-corrected chi connectivity index (χ2v) is 8.35. The summed E-state index contributed by atoms with van der Waals surface area (Å²) in [6.45, 7) is 3.44. The zero-order valence-electron chi connectivity index (χ0n) is 16.8. The molecule has 28 heavy (non-hydrogen) atoms. The molecule has 0 spiro atoms. The number of ether oxygens (including phenoxy) is 2. The molecule has 0 aliphatic heterocycles. The fraction of sp³-hybridized carbons (Fsp3) is 0.696. The zero-order valence-corrected chi connectivity index (χ0v) is 16.8. The van der Waals surface area contributed by atoms with Crippen molar-refractivity contribution in [3.8, 4) is 11.8 Å². The van der Waals surface area contributed by atoms with Crippen molar-refractivity contribution < 1.29 is 18.3 Å². The Hall–Kier alpha value is -1.67. The van der Waals surface area contributed by atoms with Crippen LogP contribution in [0.15, 0.2) is 12.1 Å². The van der Waals surface area contributed by atoms with Crippen molar-refractivity contribution >= 4 is 0 Å². The number of benzene rings is 1. The molecule has 0 heterocycles. The first-order chi connectivity index (χ1) is 13.6. The maximum absolute atomic E-state index is 14.0. The highest BCUT2D eigenvalue weighted by Crippen LogP contribution is 2.40. The molecular formula is C23H31F2NO2. The summed E-state index contributed by atoms with van der Waals surface area (Å²) in [6, 6.07) is 4.26. The van der Waals surface area contributed by atoms with Gasteiger partial charge in [0, 0.05) is 6.61 Å². The maximum atomic E-state index is 14.0. The highest BCUT2D eigenvalue weighted by molar-refractivity contribution is 5.37. The lowest BCUT2D eigenvalue weighted by Crippen LogP contribution is -2.29. The highest BCUT2D eigenvalue weighted by Gasteiger charge is 2.31. The topological polar surface area (TPSA) is 42.2 Å². The maximum Gasteiger partial charge on any atom is 0.201 e. The van der Waals surface area contributed by atoms with Crippen molar-refractivity contribution in [2.45, 2.75) is 70.8 Å². The number of nitrogens with zero attached hydrogens (tertiary/aromatic N) is 1. The summed E-state index contributed by atoms with van der Waals surface area (Å²) in [5.74, 6) is -0.291. The number of hydrogen-bond donors (Lipinski definition) is 0. The van der Waals surface area contributed by atoms with Crippen LogP contribution in [0.2, 0.25) is 0 Å². The van der Waals surface area contributed by atoms with Gasteiger partial charge in [0.05, 0.1) is 18.3 Å². The van der Waals surface area contributed by atoms with Crippen LogP contribution in [0.5, 0.6) is 5.75 Å². The van der Waals surface area contributed by atoms with Gasteiger partial charge in [-0.05, 0) is 87.7 Å². The van der Waals surface area contributed by atoms with Gasteiger partial charge in [0.2, 0.25) is 5.82 Å². The molecule has 0 bridgehead atoms. The normalized spacial score (nSPS) is 27.9. The van der Waals surface area contributed by atoms with E-state index in [1.165, 1.54) is 50.7 Å². The molecule has 0 radical (unpaired) electrons. The van der Waals surface area contributed by atoms with E-state index in [0.717, 1.165) is 37.7 Å². The number of nitriles is 1. The predicted octanol–water partition coefficient (Wildman–Crippen LogP) is 6.01. The van der Waals surface area contributed by atoms with E-state index in [-0.39, 0.29) is 11.3 Å². The minimum absolute atomic E-state index is 0.0935. The molecule has 0 aromatic heterocycles. The van der Waals surface area contributed by atoms with Crippen molar-refractivity contribution in [2.24, 2.45) is 17.8 Å². The summed E-state index contributed by atoms with van der Waals surface area (Å²) in [6.07, 6.45) is 11.0. The van der Waals surface area contributed by atoms with Gasteiger partial charge in [-0.15, -0.1) is 0 Å². The summed E-state index contributed by atoms with van der Waals surface area (Å²) in [4.78, 5) is 0. The van der Waals surface area contributed by atoms with E-state index < -0.39 is 11.6 Å². The Balaban J connectivity index is 1.40. The summed E-state index contributed by atoms with van der Waals surface area (Å²) in [5, 5.41) is 8.75. The Morgan fingerprint density at radius 1 is 0.964 bits per heavy atom. The van der Waals surface area contributed by atoms with Crippen LogP contribution < -0.4 is 4.74 Å². The molecule has 2 saturated carbocycles. The van der Waals surface area contributed by atoms with Gasteiger partial charge in [-0.3, -0.25) is 0 Å². The number of hydrogen-bond acceptors (Lipinski definition) is 3. The molecule has 0 saturated heterocycles. The minimum atomic E-state index is -1.12. The van der Waals surface area contributed by atoms with Crippen LogP contribution in [0.4, 0.5) is 8.78 Å². The fourth-order valence-corrected chi connectivity index (χ4v) is 4.77. The van der Waals surface area contributed by atoms with Crippen molar-refractivity contribution in [3.63, 3.8) is 0 Å². The third-order valence-corrected chi connectivity index (χ3v) is 6.48. The Kier molecular flexibility index (Phi) is 7.67. The third kappa shape index (κ3) is 5.23. The van der Waals surface area contributed by atoms with E-state index in [2.05, 4.69) is 6.92 Å². The van der Waals surface area contributed by atoms with Crippen molar-refractivity contribution in [1.82, 2.24) is 0 Å². The van der Waals surface area contributed by atoms with Crippen LogP contribution in [-0.4, -0.2) is 19.3 Å². The van der Waals surface area contributed by atoms with E-state index in [0.29, 0.717) is 18.6 Å². The van der Waals surface area contributed by atoms with Gasteiger partial charge in [0.1, 0.15) is 6.07 Å². The molecule has 2 fully saturated rings. The Bertz CT molecular complexity index is 672. The Labute approximate surface area is 167 Å². The lowest BCUT2D eigenvalue weighted by atomic mass is 9.71. The molecular weight excluding hydrogens is 360 g/mol. The molecule has 1 aromatic carbocycles. The molecule has 2 aliphatic carbocycles. The third-order valence-electron chi connectivity index (χ3n) is 6.48. The van der Waals surface area contributed by atoms with Crippen molar-refractivity contribution in [3.05, 3.63) is 29.3 Å².